The molecule has 0 aromatic carbocycles. The highest BCUT2D eigenvalue weighted by Gasteiger charge is 2.21. The standard InChI is InChI=1S/C14H18N4O/c1-17-8-3-2-5-11(17)9-13-15-14-7-4-6-12(10-19)18(14)16-13/h4,6-7,10-11H,2-3,5,8-9H2,1H3. The molecule has 1 unspecified atom stereocenters. The predicted octanol–water partition coefficient (Wildman–Crippen LogP) is 1.57. The summed E-state index contributed by atoms with van der Waals surface area (Å²) < 4.78 is 1.63. The van der Waals surface area contributed by atoms with Gasteiger partial charge in [-0.15, -0.1) is 0 Å². The minimum Gasteiger partial charge on any atom is -0.303 e. The third-order valence-corrected chi connectivity index (χ3v) is 3.89. The lowest BCUT2D eigenvalue weighted by Crippen LogP contribution is -2.37. The maximum atomic E-state index is 11.0. The topological polar surface area (TPSA) is 50.5 Å². The van der Waals surface area contributed by atoms with Crippen LogP contribution in [-0.2, 0) is 6.42 Å². The van der Waals surface area contributed by atoms with Crippen LogP contribution in [0.1, 0.15) is 35.6 Å². The lowest BCUT2D eigenvalue weighted by Gasteiger charge is -2.31. The molecule has 100 valence electrons. The van der Waals surface area contributed by atoms with Crippen molar-refractivity contribution in [1.29, 1.82) is 0 Å². The van der Waals surface area contributed by atoms with E-state index in [4.69, 9.17) is 0 Å². The molecular formula is C14H18N4O. The number of rotatable bonds is 3. The van der Waals surface area contributed by atoms with Crippen LogP contribution in [0, 0.1) is 0 Å². The summed E-state index contributed by atoms with van der Waals surface area (Å²) >= 11 is 0. The molecule has 19 heavy (non-hydrogen) atoms. The summed E-state index contributed by atoms with van der Waals surface area (Å²) in [5, 5.41) is 4.46. The molecule has 2 aromatic heterocycles. The van der Waals surface area contributed by atoms with E-state index in [1.165, 1.54) is 19.3 Å². The molecule has 0 amide bonds. The zero-order chi connectivity index (χ0) is 13.2. The van der Waals surface area contributed by atoms with Crippen molar-refractivity contribution in [2.24, 2.45) is 0 Å². The summed E-state index contributed by atoms with van der Waals surface area (Å²) in [6.07, 6.45) is 5.43. The number of carbonyl (C=O) groups excluding carboxylic acids is 1. The van der Waals surface area contributed by atoms with Gasteiger partial charge in [0.2, 0.25) is 0 Å². The molecule has 1 fully saturated rings. The second-order valence-corrected chi connectivity index (χ2v) is 5.20. The maximum Gasteiger partial charge on any atom is 0.168 e. The van der Waals surface area contributed by atoms with Crippen molar-refractivity contribution in [3.8, 4) is 0 Å². The molecule has 0 N–H and O–H groups in total. The molecule has 0 saturated carbocycles. The van der Waals surface area contributed by atoms with E-state index >= 15 is 0 Å². The fraction of sp³-hybridized carbons (Fsp3) is 0.500. The molecule has 2 aromatic rings. The largest absolute Gasteiger partial charge is 0.303 e. The Kier molecular flexibility index (Phi) is 3.29. The van der Waals surface area contributed by atoms with Crippen molar-refractivity contribution in [1.82, 2.24) is 19.5 Å². The molecule has 3 rings (SSSR count). The summed E-state index contributed by atoms with van der Waals surface area (Å²) in [6, 6.07) is 6.00. The van der Waals surface area contributed by atoms with E-state index in [1.807, 2.05) is 12.1 Å². The van der Waals surface area contributed by atoms with Crippen LogP contribution < -0.4 is 0 Å². The summed E-state index contributed by atoms with van der Waals surface area (Å²) in [5.74, 6) is 0.827. The van der Waals surface area contributed by atoms with Crippen molar-refractivity contribution in [3.05, 3.63) is 29.7 Å². The highest BCUT2D eigenvalue weighted by Crippen LogP contribution is 2.18. The van der Waals surface area contributed by atoms with E-state index in [9.17, 15) is 4.79 Å². The molecule has 1 saturated heterocycles. The Bertz CT molecular complexity index is 592. The van der Waals surface area contributed by atoms with Gasteiger partial charge in [0.25, 0.3) is 0 Å². The number of pyridine rings is 1. The zero-order valence-corrected chi connectivity index (χ0v) is 11.1. The number of likely N-dealkylation sites (N-methyl/N-ethyl adjacent to an activating group) is 1. The minimum atomic E-state index is 0.519. The number of piperidine rings is 1. The summed E-state index contributed by atoms with van der Waals surface area (Å²) in [5.41, 5.74) is 1.30. The van der Waals surface area contributed by atoms with Crippen LogP contribution in [0.5, 0.6) is 0 Å². The SMILES string of the molecule is CN1CCCCC1Cc1nc2cccc(C=O)n2n1. The number of nitrogens with zero attached hydrogens (tertiary/aromatic N) is 4. The molecule has 0 bridgehead atoms. The maximum absolute atomic E-state index is 11.0. The quantitative estimate of drug-likeness (QED) is 0.784. The smallest absolute Gasteiger partial charge is 0.168 e. The molecule has 1 aliphatic heterocycles. The Hall–Kier alpha value is -1.75. The first kappa shape index (κ1) is 12.3. The Morgan fingerprint density at radius 3 is 3.11 bits per heavy atom. The molecule has 0 radical (unpaired) electrons. The van der Waals surface area contributed by atoms with Crippen LogP contribution in [0.2, 0.25) is 0 Å². The van der Waals surface area contributed by atoms with E-state index in [0.717, 1.165) is 30.7 Å². The van der Waals surface area contributed by atoms with Crippen molar-refractivity contribution in [2.75, 3.05) is 13.6 Å². The van der Waals surface area contributed by atoms with Gasteiger partial charge in [-0.05, 0) is 38.6 Å². The van der Waals surface area contributed by atoms with Gasteiger partial charge in [0.15, 0.2) is 17.8 Å². The number of fused-ring (bicyclic) bond motifs is 1. The Morgan fingerprint density at radius 2 is 2.32 bits per heavy atom. The van der Waals surface area contributed by atoms with E-state index in [0.29, 0.717) is 11.7 Å². The third-order valence-electron chi connectivity index (χ3n) is 3.89. The van der Waals surface area contributed by atoms with E-state index in [2.05, 4.69) is 22.0 Å². The number of aromatic nitrogens is 3. The minimum absolute atomic E-state index is 0.519. The summed E-state index contributed by atoms with van der Waals surface area (Å²) in [4.78, 5) is 17.9. The van der Waals surface area contributed by atoms with Crippen LogP contribution in [0.15, 0.2) is 18.2 Å². The highest BCUT2D eigenvalue weighted by molar-refractivity contribution is 5.73. The molecule has 0 spiro atoms. The van der Waals surface area contributed by atoms with Crippen LogP contribution in [0.3, 0.4) is 0 Å². The molecule has 1 atom stereocenters. The molecule has 5 heteroatoms. The number of hydrogen-bond donors (Lipinski definition) is 0. The number of hydrogen-bond acceptors (Lipinski definition) is 4. The van der Waals surface area contributed by atoms with Gasteiger partial charge in [-0.25, -0.2) is 9.50 Å². The predicted molar refractivity (Wildman–Crippen MR) is 72.3 cm³/mol. The van der Waals surface area contributed by atoms with E-state index < -0.39 is 0 Å². The van der Waals surface area contributed by atoms with Crippen molar-refractivity contribution in [2.45, 2.75) is 31.7 Å². The molecule has 3 heterocycles. The van der Waals surface area contributed by atoms with E-state index in [-0.39, 0.29) is 0 Å². The third kappa shape index (κ3) is 2.38. The second-order valence-electron chi connectivity index (χ2n) is 5.20. The Balaban J connectivity index is 1.87. The van der Waals surface area contributed by atoms with Crippen molar-refractivity contribution in [3.63, 3.8) is 0 Å². The average Bonchev–Trinajstić information content (AvgIpc) is 2.83. The molecule has 1 aliphatic rings. The number of aldehydes is 1. The van der Waals surface area contributed by atoms with Gasteiger partial charge < -0.3 is 4.90 Å². The van der Waals surface area contributed by atoms with Crippen LogP contribution in [0.25, 0.3) is 5.65 Å². The monoisotopic (exact) mass is 258 g/mol. The molecular weight excluding hydrogens is 240 g/mol. The summed E-state index contributed by atoms with van der Waals surface area (Å²) in [6.45, 7) is 1.15. The summed E-state index contributed by atoms with van der Waals surface area (Å²) in [7, 11) is 2.16. The van der Waals surface area contributed by atoms with Gasteiger partial charge in [0, 0.05) is 12.5 Å². The normalized spacial score (nSPS) is 20.8. The van der Waals surface area contributed by atoms with Crippen LogP contribution >= 0.6 is 0 Å². The lowest BCUT2D eigenvalue weighted by molar-refractivity contribution is 0.111. The van der Waals surface area contributed by atoms with E-state index in [1.54, 1.807) is 10.6 Å². The first-order chi connectivity index (χ1) is 9.28. The highest BCUT2D eigenvalue weighted by atomic mass is 16.1. The Labute approximate surface area is 112 Å². The fourth-order valence-electron chi connectivity index (χ4n) is 2.76. The number of likely N-dealkylation sites (tertiary alicyclic amines) is 1. The number of carbonyl (C=O) groups is 1. The second kappa shape index (κ2) is 5.09. The first-order valence-electron chi connectivity index (χ1n) is 6.78. The van der Waals surface area contributed by atoms with Crippen molar-refractivity contribution >= 4 is 11.9 Å². The van der Waals surface area contributed by atoms with Crippen LogP contribution in [-0.4, -0.2) is 45.4 Å². The Morgan fingerprint density at radius 1 is 1.42 bits per heavy atom. The zero-order valence-electron chi connectivity index (χ0n) is 11.1. The first-order valence-corrected chi connectivity index (χ1v) is 6.78. The molecule has 5 nitrogen and oxygen atoms in total. The van der Waals surface area contributed by atoms with Crippen LogP contribution in [0.4, 0.5) is 0 Å². The van der Waals surface area contributed by atoms with Gasteiger partial charge in [0.05, 0.1) is 0 Å². The fourth-order valence-corrected chi connectivity index (χ4v) is 2.76. The van der Waals surface area contributed by atoms with Gasteiger partial charge in [-0.3, -0.25) is 4.79 Å². The van der Waals surface area contributed by atoms with Gasteiger partial charge in [-0.2, -0.15) is 5.10 Å². The van der Waals surface area contributed by atoms with Gasteiger partial charge >= 0.3 is 0 Å². The molecule has 0 aliphatic carbocycles. The van der Waals surface area contributed by atoms with Crippen molar-refractivity contribution < 1.29 is 4.79 Å². The average molecular weight is 258 g/mol. The van der Waals surface area contributed by atoms with Gasteiger partial charge in [0.1, 0.15) is 5.69 Å². The van der Waals surface area contributed by atoms with Gasteiger partial charge in [-0.1, -0.05) is 12.5 Å². The lowest BCUT2D eigenvalue weighted by atomic mass is 10.00.